The number of rotatable bonds is 8. The topological polar surface area (TPSA) is 36.3 Å². The highest BCUT2D eigenvalue weighted by Gasteiger charge is 2.18. The van der Waals surface area contributed by atoms with Crippen molar-refractivity contribution in [1.82, 2.24) is 9.55 Å². The molecule has 0 aliphatic heterocycles. The van der Waals surface area contributed by atoms with E-state index in [1.54, 1.807) is 0 Å². The average Bonchev–Trinajstić information content (AvgIpc) is 3.13. The fourth-order valence-electron chi connectivity index (χ4n) is 3.66. The lowest BCUT2D eigenvalue weighted by Crippen LogP contribution is -2.13. The maximum absolute atomic E-state index is 6.16. The summed E-state index contributed by atoms with van der Waals surface area (Å²) >= 11 is 0. The molecule has 154 valence electrons. The molecule has 0 spiro atoms. The number of para-hydroxylation sites is 3. The molecule has 1 unspecified atom stereocenters. The van der Waals surface area contributed by atoms with Crippen LogP contribution in [0.3, 0.4) is 0 Å². The van der Waals surface area contributed by atoms with Crippen molar-refractivity contribution in [2.24, 2.45) is 0 Å². The Bertz CT molecular complexity index is 1120. The Labute approximate surface area is 178 Å². The van der Waals surface area contributed by atoms with E-state index in [9.17, 15) is 0 Å². The predicted molar refractivity (Wildman–Crippen MR) is 121 cm³/mol. The zero-order valence-electron chi connectivity index (χ0n) is 17.8. The number of ether oxygens (including phenoxy) is 2. The van der Waals surface area contributed by atoms with E-state index in [0.717, 1.165) is 41.3 Å². The van der Waals surface area contributed by atoms with E-state index < -0.39 is 0 Å². The molecule has 3 aromatic carbocycles. The van der Waals surface area contributed by atoms with E-state index in [1.165, 1.54) is 11.1 Å². The number of hydrogen-bond acceptors (Lipinski definition) is 3. The number of hydrogen-bond donors (Lipinski definition) is 0. The summed E-state index contributed by atoms with van der Waals surface area (Å²) in [6.07, 6.45) is 0.735. The van der Waals surface area contributed by atoms with Crippen molar-refractivity contribution in [3.8, 4) is 11.5 Å². The molecule has 1 heterocycles. The van der Waals surface area contributed by atoms with Crippen molar-refractivity contribution in [2.75, 3.05) is 6.61 Å². The molecule has 30 heavy (non-hydrogen) atoms. The minimum atomic E-state index is -0.153. The first-order valence-electron chi connectivity index (χ1n) is 10.5. The van der Waals surface area contributed by atoms with Crippen LogP contribution in [0, 0.1) is 13.8 Å². The zero-order chi connectivity index (χ0) is 20.9. The van der Waals surface area contributed by atoms with Gasteiger partial charge in [0.1, 0.15) is 11.5 Å². The summed E-state index contributed by atoms with van der Waals surface area (Å²) in [5.41, 5.74) is 4.50. The first-order chi connectivity index (χ1) is 14.6. The fraction of sp³-hybridized carbons (Fsp3) is 0.269. The van der Waals surface area contributed by atoms with E-state index in [4.69, 9.17) is 14.5 Å². The van der Waals surface area contributed by atoms with Gasteiger partial charge in [-0.2, -0.15) is 0 Å². The predicted octanol–water partition coefficient (Wildman–Crippen LogP) is 6.26. The monoisotopic (exact) mass is 400 g/mol. The minimum Gasteiger partial charge on any atom is -0.493 e. The Hall–Kier alpha value is -3.27. The van der Waals surface area contributed by atoms with E-state index in [2.05, 4.69) is 61.7 Å². The van der Waals surface area contributed by atoms with Gasteiger partial charge in [-0.3, -0.25) is 0 Å². The molecular formula is C26H28N2O2. The highest BCUT2D eigenvalue weighted by Crippen LogP contribution is 2.26. The number of aromatic nitrogens is 2. The lowest BCUT2D eigenvalue weighted by atomic mass is 10.1. The van der Waals surface area contributed by atoms with Gasteiger partial charge in [-0.25, -0.2) is 4.98 Å². The standard InChI is InChI=1S/C26H28N2O2/c1-19-14-15-20(2)25(18-19)29-17-9-16-28-24-13-8-7-12-23(24)27-26(28)21(3)30-22-10-5-4-6-11-22/h4-8,10-15,18,21H,9,16-17H2,1-3H3. The normalized spacial score (nSPS) is 12.1. The molecular weight excluding hydrogens is 372 g/mol. The zero-order valence-corrected chi connectivity index (χ0v) is 17.8. The molecule has 0 saturated heterocycles. The molecule has 0 saturated carbocycles. The smallest absolute Gasteiger partial charge is 0.153 e. The van der Waals surface area contributed by atoms with Crippen molar-refractivity contribution < 1.29 is 9.47 Å². The van der Waals surface area contributed by atoms with Crippen molar-refractivity contribution in [2.45, 2.75) is 39.8 Å². The molecule has 4 nitrogen and oxygen atoms in total. The van der Waals surface area contributed by atoms with Crippen LogP contribution in [-0.2, 0) is 6.54 Å². The fourth-order valence-corrected chi connectivity index (χ4v) is 3.66. The van der Waals surface area contributed by atoms with Crippen LogP contribution in [0.2, 0.25) is 0 Å². The van der Waals surface area contributed by atoms with Crippen LogP contribution < -0.4 is 9.47 Å². The van der Waals surface area contributed by atoms with Crippen molar-refractivity contribution in [3.05, 3.63) is 89.7 Å². The molecule has 4 rings (SSSR count). The first kappa shape index (κ1) is 20.0. The third-order valence-corrected chi connectivity index (χ3v) is 5.23. The SMILES string of the molecule is Cc1ccc(C)c(OCCCn2c(C(C)Oc3ccccc3)nc3ccccc32)c1. The number of imidazole rings is 1. The van der Waals surface area contributed by atoms with Gasteiger partial charge >= 0.3 is 0 Å². The van der Waals surface area contributed by atoms with Crippen LogP contribution in [0.15, 0.2) is 72.8 Å². The second-order valence-electron chi connectivity index (χ2n) is 7.65. The highest BCUT2D eigenvalue weighted by molar-refractivity contribution is 5.76. The van der Waals surface area contributed by atoms with Gasteiger partial charge in [0.15, 0.2) is 11.9 Å². The molecule has 0 radical (unpaired) electrons. The minimum absolute atomic E-state index is 0.153. The Morgan fingerprint density at radius 2 is 1.70 bits per heavy atom. The second kappa shape index (κ2) is 9.04. The molecule has 0 amide bonds. The summed E-state index contributed by atoms with van der Waals surface area (Å²) in [6.45, 7) is 7.70. The van der Waals surface area contributed by atoms with Crippen molar-refractivity contribution >= 4 is 11.0 Å². The Morgan fingerprint density at radius 1 is 0.933 bits per heavy atom. The molecule has 0 N–H and O–H groups in total. The molecule has 4 aromatic rings. The van der Waals surface area contributed by atoms with E-state index in [1.807, 2.05) is 36.4 Å². The average molecular weight is 401 g/mol. The lowest BCUT2D eigenvalue weighted by molar-refractivity contribution is 0.210. The van der Waals surface area contributed by atoms with Gasteiger partial charge in [-0.05, 0) is 68.7 Å². The van der Waals surface area contributed by atoms with Crippen LogP contribution >= 0.6 is 0 Å². The quantitative estimate of drug-likeness (QED) is 0.327. The van der Waals surface area contributed by atoms with E-state index in [-0.39, 0.29) is 6.10 Å². The molecule has 0 bridgehead atoms. The van der Waals surface area contributed by atoms with Crippen LogP contribution in [0.1, 0.15) is 36.4 Å². The van der Waals surface area contributed by atoms with Crippen molar-refractivity contribution in [1.29, 1.82) is 0 Å². The molecule has 1 atom stereocenters. The molecule has 4 heteroatoms. The summed E-state index contributed by atoms with van der Waals surface area (Å²) in [5, 5.41) is 0. The van der Waals surface area contributed by atoms with Gasteiger partial charge in [0.2, 0.25) is 0 Å². The van der Waals surface area contributed by atoms with Gasteiger partial charge in [0.25, 0.3) is 0 Å². The van der Waals surface area contributed by atoms with Gasteiger partial charge in [0, 0.05) is 6.54 Å². The number of fused-ring (bicyclic) bond motifs is 1. The number of benzene rings is 3. The van der Waals surface area contributed by atoms with E-state index in [0.29, 0.717) is 6.61 Å². The summed E-state index contributed by atoms with van der Waals surface area (Å²) in [5.74, 6) is 2.75. The van der Waals surface area contributed by atoms with Crippen LogP contribution in [-0.4, -0.2) is 16.2 Å². The lowest BCUT2D eigenvalue weighted by Gasteiger charge is -2.17. The van der Waals surface area contributed by atoms with Gasteiger partial charge in [0.05, 0.1) is 17.6 Å². The van der Waals surface area contributed by atoms with Crippen molar-refractivity contribution in [3.63, 3.8) is 0 Å². The highest BCUT2D eigenvalue weighted by atomic mass is 16.5. The second-order valence-corrected chi connectivity index (χ2v) is 7.65. The maximum Gasteiger partial charge on any atom is 0.153 e. The Balaban J connectivity index is 1.49. The molecule has 1 aromatic heterocycles. The van der Waals surface area contributed by atoms with Gasteiger partial charge in [-0.15, -0.1) is 0 Å². The van der Waals surface area contributed by atoms with Crippen LogP contribution in [0.25, 0.3) is 11.0 Å². The molecule has 0 aliphatic carbocycles. The largest absolute Gasteiger partial charge is 0.493 e. The summed E-state index contributed by atoms with van der Waals surface area (Å²) in [6, 6.07) is 24.5. The molecule has 0 aliphatic rings. The van der Waals surface area contributed by atoms with Crippen LogP contribution in [0.5, 0.6) is 11.5 Å². The summed E-state index contributed by atoms with van der Waals surface area (Å²) in [4.78, 5) is 4.87. The summed E-state index contributed by atoms with van der Waals surface area (Å²) < 4.78 is 14.5. The number of nitrogens with zero attached hydrogens (tertiary/aromatic N) is 2. The molecule has 0 fully saturated rings. The van der Waals surface area contributed by atoms with Crippen LogP contribution in [0.4, 0.5) is 0 Å². The maximum atomic E-state index is 6.16. The third-order valence-electron chi connectivity index (χ3n) is 5.23. The Morgan fingerprint density at radius 3 is 2.53 bits per heavy atom. The summed E-state index contributed by atoms with van der Waals surface area (Å²) in [7, 11) is 0. The van der Waals surface area contributed by atoms with Gasteiger partial charge in [-0.1, -0.05) is 42.5 Å². The number of aryl methyl sites for hydroxylation is 3. The van der Waals surface area contributed by atoms with E-state index >= 15 is 0 Å². The van der Waals surface area contributed by atoms with Gasteiger partial charge < -0.3 is 14.0 Å². The first-order valence-corrected chi connectivity index (χ1v) is 10.5. The third kappa shape index (κ3) is 4.48. The Kier molecular flexibility index (Phi) is 6.03.